The Morgan fingerprint density at radius 1 is 0.283 bits per heavy atom. The van der Waals surface area contributed by atoms with E-state index in [1.165, 1.54) is 238 Å². The maximum atomic E-state index is 13.1. The van der Waals surface area contributed by atoms with Crippen molar-refractivity contribution in [3.63, 3.8) is 0 Å². The van der Waals surface area contributed by atoms with Gasteiger partial charge in [0.2, 0.25) is 0 Å². The maximum Gasteiger partial charge on any atom is 0.472 e. The Kier molecular flexibility index (Phi) is 71.6. The van der Waals surface area contributed by atoms with E-state index in [4.69, 9.17) is 37.0 Å². The molecule has 0 radical (unpaired) electrons. The number of aliphatic hydroxyl groups excluding tert-OH is 1. The zero-order chi connectivity index (χ0) is 72.7. The average Bonchev–Trinajstić information content (AvgIpc) is 1.04. The smallest absolute Gasteiger partial charge is 0.462 e. The largest absolute Gasteiger partial charge is 0.472 e. The van der Waals surface area contributed by atoms with Crippen molar-refractivity contribution in [2.24, 2.45) is 5.92 Å². The predicted molar refractivity (Wildman–Crippen MR) is 405 cm³/mol. The van der Waals surface area contributed by atoms with Crippen LogP contribution in [-0.4, -0.2) is 96.7 Å². The number of hydrogen-bond acceptors (Lipinski definition) is 15. The average molecular weight is 1450 g/mol. The van der Waals surface area contributed by atoms with Gasteiger partial charge in [-0.2, -0.15) is 0 Å². The number of phosphoric acid groups is 2. The van der Waals surface area contributed by atoms with Crippen LogP contribution in [0, 0.1) is 5.92 Å². The van der Waals surface area contributed by atoms with Crippen LogP contribution in [-0.2, 0) is 65.4 Å². The highest BCUT2D eigenvalue weighted by molar-refractivity contribution is 7.47. The maximum absolute atomic E-state index is 13.1. The second kappa shape index (κ2) is 73.0. The fourth-order valence-corrected chi connectivity index (χ4v) is 14.0. The highest BCUT2D eigenvalue weighted by Crippen LogP contribution is 2.45. The molecule has 0 aliphatic carbocycles. The molecule has 0 rings (SSSR count). The number of rotatable bonds is 80. The van der Waals surface area contributed by atoms with E-state index in [-0.39, 0.29) is 25.7 Å². The Morgan fingerprint density at radius 2 is 0.485 bits per heavy atom. The van der Waals surface area contributed by atoms with Gasteiger partial charge in [-0.15, -0.1) is 0 Å². The molecule has 0 fully saturated rings. The van der Waals surface area contributed by atoms with E-state index in [9.17, 15) is 43.2 Å². The summed E-state index contributed by atoms with van der Waals surface area (Å²) in [6.45, 7) is 7.33. The minimum Gasteiger partial charge on any atom is -0.462 e. The molecule has 0 heterocycles. The van der Waals surface area contributed by atoms with Gasteiger partial charge in [0.1, 0.15) is 19.3 Å². The van der Waals surface area contributed by atoms with Crippen molar-refractivity contribution >= 4 is 39.5 Å². The Hall–Kier alpha value is -1.94. The zero-order valence-electron chi connectivity index (χ0n) is 64.6. The van der Waals surface area contributed by atoms with Crippen molar-refractivity contribution in [1.29, 1.82) is 0 Å². The molecule has 0 spiro atoms. The van der Waals surface area contributed by atoms with Crippen LogP contribution in [0.2, 0.25) is 0 Å². The third-order valence-corrected chi connectivity index (χ3v) is 21.0. The van der Waals surface area contributed by atoms with Gasteiger partial charge in [-0.25, -0.2) is 9.13 Å². The first-order valence-corrected chi connectivity index (χ1v) is 44.7. The third-order valence-electron chi connectivity index (χ3n) is 19.1. The Labute approximate surface area is 607 Å². The van der Waals surface area contributed by atoms with E-state index in [1.54, 1.807) is 0 Å². The van der Waals surface area contributed by atoms with Crippen LogP contribution >= 0.6 is 15.6 Å². The van der Waals surface area contributed by atoms with E-state index in [0.717, 1.165) is 109 Å². The van der Waals surface area contributed by atoms with Gasteiger partial charge >= 0.3 is 39.5 Å². The number of esters is 4. The summed E-state index contributed by atoms with van der Waals surface area (Å²) in [5.41, 5.74) is 0. The van der Waals surface area contributed by atoms with E-state index in [0.29, 0.717) is 25.7 Å². The molecule has 19 heteroatoms. The Balaban J connectivity index is 5.17. The van der Waals surface area contributed by atoms with Gasteiger partial charge in [0.25, 0.3) is 0 Å². The molecule has 588 valence electrons. The summed E-state index contributed by atoms with van der Waals surface area (Å²) in [5, 5.41) is 10.6. The SMILES string of the molecule is CCCCCCCCCCCCCCCCCCCCCCCC(=O)O[C@H](COC(=O)CCCCCCCCCCCCCCCCC(C)CC)COP(=O)(O)OC[C@@H](O)COP(=O)(O)OC[C@@H](COC(=O)CCCCCCCCC)OC(=O)CCCCCCCCCCCCCCC. The van der Waals surface area contributed by atoms with Gasteiger partial charge in [-0.05, 0) is 31.6 Å². The molecule has 0 aliphatic heterocycles. The first-order valence-electron chi connectivity index (χ1n) is 41.7. The molecule has 6 atom stereocenters. The molecule has 0 bridgehead atoms. The molecule has 0 saturated carbocycles. The predicted octanol–water partition coefficient (Wildman–Crippen LogP) is 24.0. The van der Waals surface area contributed by atoms with Crippen molar-refractivity contribution in [2.75, 3.05) is 39.6 Å². The molecular weight excluding hydrogens is 1290 g/mol. The van der Waals surface area contributed by atoms with Gasteiger partial charge in [-0.1, -0.05) is 375 Å². The van der Waals surface area contributed by atoms with Crippen LogP contribution in [0.15, 0.2) is 0 Å². The van der Waals surface area contributed by atoms with Crippen LogP contribution in [0.25, 0.3) is 0 Å². The summed E-state index contributed by atoms with van der Waals surface area (Å²) in [7, 11) is -9.91. The molecule has 99 heavy (non-hydrogen) atoms. The summed E-state index contributed by atoms with van der Waals surface area (Å²) in [6.07, 6.45) is 64.0. The van der Waals surface area contributed by atoms with Gasteiger partial charge in [0.05, 0.1) is 26.4 Å². The van der Waals surface area contributed by atoms with Crippen molar-refractivity contribution in [2.45, 2.75) is 445 Å². The molecule has 3 unspecified atom stereocenters. The number of carbonyl (C=O) groups excluding carboxylic acids is 4. The third kappa shape index (κ3) is 72.8. The molecule has 0 aliphatic rings. The van der Waals surface area contributed by atoms with Crippen LogP contribution in [0.4, 0.5) is 0 Å². The molecule has 0 saturated heterocycles. The lowest BCUT2D eigenvalue weighted by atomic mass is 9.99. The summed E-state index contributed by atoms with van der Waals surface area (Å²) in [6, 6.07) is 0. The molecule has 17 nitrogen and oxygen atoms in total. The van der Waals surface area contributed by atoms with Crippen LogP contribution in [0.5, 0.6) is 0 Å². The van der Waals surface area contributed by atoms with Gasteiger partial charge in [-0.3, -0.25) is 37.3 Å². The van der Waals surface area contributed by atoms with Gasteiger partial charge < -0.3 is 33.8 Å². The zero-order valence-corrected chi connectivity index (χ0v) is 66.4. The Morgan fingerprint density at radius 3 is 0.717 bits per heavy atom. The summed E-state index contributed by atoms with van der Waals surface area (Å²) < 4.78 is 68.5. The number of carbonyl (C=O) groups is 4. The molecule has 0 aromatic heterocycles. The molecule has 0 aromatic rings. The number of hydrogen-bond donors (Lipinski definition) is 3. The van der Waals surface area contributed by atoms with Crippen LogP contribution in [0.1, 0.15) is 426 Å². The number of ether oxygens (including phenoxy) is 4. The quantitative estimate of drug-likeness (QED) is 0.0222. The number of phosphoric ester groups is 2. The lowest BCUT2D eigenvalue weighted by molar-refractivity contribution is -0.161. The van der Waals surface area contributed by atoms with Crippen LogP contribution < -0.4 is 0 Å². The van der Waals surface area contributed by atoms with Crippen molar-refractivity contribution in [3.8, 4) is 0 Å². The summed E-state index contributed by atoms with van der Waals surface area (Å²) in [4.78, 5) is 72.8. The van der Waals surface area contributed by atoms with Gasteiger partial charge in [0.15, 0.2) is 12.2 Å². The van der Waals surface area contributed by atoms with Crippen LogP contribution in [0.3, 0.4) is 0 Å². The standard InChI is InChI=1S/C80H156O17P2/c1-6-10-13-16-19-21-23-25-26-27-28-29-30-31-32-38-42-46-51-56-61-66-80(85)97-76(70-91-78(83)64-59-54-49-44-40-37-34-33-36-39-43-48-52-57-62-73(5)9-4)72-95-99(88,89)93-68-74(81)67-92-98(86,87)94-71-75(69-90-77(82)63-58-53-47-18-15-12-8-3)96-79(84)65-60-55-50-45-41-35-24-22-20-17-14-11-7-2/h73-76,81H,6-72H2,1-5H3,(H,86,87)(H,88,89)/t73?,74-,75+,76+/m0/s1. The van der Waals surface area contributed by atoms with Crippen molar-refractivity contribution in [3.05, 3.63) is 0 Å². The fourth-order valence-electron chi connectivity index (χ4n) is 12.4. The first kappa shape index (κ1) is 97.1. The lowest BCUT2D eigenvalue weighted by Crippen LogP contribution is -2.30. The topological polar surface area (TPSA) is 237 Å². The summed E-state index contributed by atoms with van der Waals surface area (Å²) >= 11 is 0. The van der Waals surface area contributed by atoms with Crippen molar-refractivity contribution < 1.29 is 80.2 Å². The van der Waals surface area contributed by atoms with E-state index in [1.807, 2.05) is 0 Å². The second-order valence-corrected chi connectivity index (χ2v) is 32.0. The first-order chi connectivity index (χ1) is 48.1. The second-order valence-electron chi connectivity index (χ2n) is 29.1. The minimum absolute atomic E-state index is 0.108. The van der Waals surface area contributed by atoms with Gasteiger partial charge in [0, 0.05) is 25.7 Å². The summed E-state index contributed by atoms with van der Waals surface area (Å²) in [5.74, 6) is -1.26. The highest BCUT2D eigenvalue weighted by Gasteiger charge is 2.30. The minimum atomic E-state index is -4.96. The molecule has 0 amide bonds. The normalized spacial score (nSPS) is 14.1. The van der Waals surface area contributed by atoms with Crippen molar-refractivity contribution in [1.82, 2.24) is 0 Å². The molecule has 3 N–H and O–H groups in total. The highest BCUT2D eigenvalue weighted by atomic mass is 31.2. The molecule has 0 aromatic carbocycles. The number of aliphatic hydroxyl groups is 1. The lowest BCUT2D eigenvalue weighted by Gasteiger charge is -2.21. The monoisotopic (exact) mass is 1450 g/mol. The molecular formula is C80H156O17P2. The van der Waals surface area contributed by atoms with E-state index < -0.39 is 97.5 Å². The van der Waals surface area contributed by atoms with E-state index in [2.05, 4.69) is 34.6 Å². The Bertz CT molecular complexity index is 1890. The number of unbranched alkanes of at least 4 members (excludes halogenated alkanes) is 51. The fraction of sp³-hybridized carbons (Fsp3) is 0.950. The van der Waals surface area contributed by atoms with E-state index >= 15 is 0 Å².